The van der Waals surface area contributed by atoms with Crippen LogP contribution in [0.1, 0.15) is 24.0 Å². The minimum absolute atomic E-state index is 0. The number of halogens is 1. The van der Waals surface area contributed by atoms with E-state index >= 15 is 0 Å². The number of benzene rings is 1. The summed E-state index contributed by atoms with van der Waals surface area (Å²) >= 11 is 0. The fraction of sp³-hybridized carbons (Fsp3) is 0.455. The molecule has 2 aliphatic heterocycles. The highest BCUT2D eigenvalue weighted by molar-refractivity contribution is 14.0. The highest BCUT2D eigenvalue weighted by atomic mass is 127. The Hall–Kier alpha value is -1.87. The molecule has 156 valence electrons. The molecule has 0 saturated carbocycles. The predicted octanol–water partition coefficient (Wildman–Crippen LogP) is 3.47. The molecule has 1 aromatic heterocycles. The van der Waals surface area contributed by atoms with Crippen LogP contribution in [0.5, 0.6) is 5.88 Å². The second-order valence-corrected chi connectivity index (χ2v) is 7.62. The monoisotopic (exact) mass is 508 g/mol. The molecule has 29 heavy (non-hydrogen) atoms. The number of pyridine rings is 1. The van der Waals surface area contributed by atoms with Crippen LogP contribution in [-0.2, 0) is 17.9 Å². The van der Waals surface area contributed by atoms with Gasteiger partial charge in [0, 0.05) is 50.5 Å². The fourth-order valence-electron chi connectivity index (χ4n) is 4.01. The van der Waals surface area contributed by atoms with Crippen LogP contribution in [0.2, 0.25) is 0 Å². The van der Waals surface area contributed by atoms with E-state index in [0.29, 0.717) is 24.4 Å². The number of likely N-dealkylation sites (tertiary alicyclic amines) is 1. The smallest absolute Gasteiger partial charge is 0.218 e. The van der Waals surface area contributed by atoms with Crippen LogP contribution >= 0.6 is 24.0 Å². The van der Waals surface area contributed by atoms with Crippen molar-refractivity contribution in [3.8, 4) is 5.88 Å². The van der Waals surface area contributed by atoms with Crippen molar-refractivity contribution in [2.24, 2.45) is 10.4 Å². The van der Waals surface area contributed by atoms with E-state index in [2.05, 4.69) is 32.3 Å². The molecule has 6 nitrogen and oxygen atoms in total. The summed E-state index contributed by atoms with van der Waals surface area (Å²) in [7, 11) is 1.84. The number of aliphatic imine (C=N–C) groups is 1. The van der Waals surface area contributed by atoms with Gasteiger partial charge in [-0.15, -0.1) is 24.0 Å². The highest BCUT2D eigenvalue weighted by Gasteiger charge is 2.42. The lowest BCUT2D eigenvalue weighted by Gasteiger charge is -2.25. The van der Waals surface area contributed by atoms with E-state index in [1.165, 1.54) is 6.42 Å². The summed E-state index contributed by atoms with van der Waals surface area (Å²) in [6, 6.07) is 14.1. The van der Waals surface area contributed by atoms with Gasteiger partial charge >= 0.3 is 0 Å². The Morgan fingerprint density at radius 1 is 1.24 bits per heavy atom. The number of guanidine groups is 1. The summed E-state index contributed by atoms with van der Waals surface area (Å²) in [5.74, 6) is 1.60. The number of rotatable bonds is 5. The van der Waals surface area contributed by atoms with Crippen LogP contribution in [-0.4, -0.2) is 49.2 Å². The van der Waals surface area contributed by atoms with E-state index in [9.17, 15) is 0 Å². The quantitative estimate of drug-likeness (QED) is 0.381. The van der Waals surface area contributed by atoms with Gasteiger partial charge in [0.25, 0.3) is 0 Å². The van der Waals surface area contributed by atoms with Gasteiger partial charge in [-0.3, -0.25) is 4.99 Å². The van der Waals surface area contributed by atoms with Crippen LogP contribution in [0.25, 0.3) is 0 Å². The summed E-state index contributed by atoms with van der Waals surface area (Å²) in [6.07, 6.45) is 4.09. The van der Waals surface area contributed by atoms with Crippen LogP contribution in [0.4, 0.5) is 0 Å². The lowest BCUT2D eigenvalue weighted by molar-refractivity contribution is 0.156. The topological polar surface area (TPSA) is 59.0 Å². The van der Waals surface area contributed by atoms with Gasteiger partial charge in [-0.1, -0.05) is 36.4 Å². The van der Waals surface area contributed by atoms with Crippen molar-refractivity contribution in [3.05, 3.63) is 59.8 Å². The number of nitrogens with one attached hydrogen (secondary N) is 1. The molecule has 7 heteroatoms. The second-order valence-electron chi connectivity index (χ2n) is 7.62. The summed E-state index contributed by atoms with van der Waals surface area (Å²) < 4.78 is 11.6. The molecule has 1 atom stereocenters. The summed E-state index contributed by atoms with van der Waals surface area (Å²) in [6.45, 7) is 4.93. The van der Waals surface area contributed by atoms with E-state index < -0.39 is 0 Å². The zero-order valence-corrected chi connectivity index (χ0v) is 19.2. The van der Waals surface area contributed by atoms with Crippen molar-refractivity contribution in [1.82, 2.24) is 15.2 Å². The van der Waals surface area contributed by atoms with E-state index in [1.54, 1.807) is 6.20 Å². The predicted molar refractivity (Wildman–Crippen MR) is 125 cm³/mol. The van der Waals surface area contributed by atoms with Crippen molar-refractivity contribution < 1.29 is 9.47 Å². The van der Waals surface area contributed by atoms with Crippen molar-refractivity contribution in [3.63, 3.8) is 0 Å². The molecule has 0 aliphatic carbocycles. The number of aromatic nitrogens is 1. The Bertz CT molecular complexity index is 809. The number of nitrogens with zero attached hydrogens (tertiary/aromatic N) is 3. The first-order valence-electron chi connectivity index (χ1n) is 9.92. The molecular formula is C22H29IN4O2. The third kappa shape index (κ3) is 5.39. The van der Waals surface area contributed by atoms with Gasteiger partial charge in [0.1, 0.15) is 6.61 Å². The standard InChI is InChI=1S/C22H28N4O2.HI/c1-23-21(26-12-9-22(16-26)10-13-27-17-22)25-14-19-8-5-11-24-20(19)28-15-18-6-3-2-4-7-18;/h2-8,11H,9-10,12-17H2,1H3,(H,23,25);1H. The zero-order valence-electron chi connectivity index (χ0n) is 16.8. The van der Waals surface area contributed by atoms with Crippen molar-refractivity contribution in [2.75, 3.05) is 33.4 Å². The van der Waals surface area contributed by atoms with Crippen LogP contribution in [0.3, 0.4) is 0 Å². The molecule has 4 rings (SSSR count). The maximum Gasteiger partial charge on any atom is 0.218 e. The molecule has 0 bridgehead atoms. The van der Waals surface area contributed by atoms with Crippen molar-refractivity contribution in [1.29, 1.82) is 0 Å². The third-order valence-corrected chi connectivity index (χ3v) is 5.64. The summed E-state index contributed by atoms with van der Waals surface area (Å²) in [5.41, 5.74) is 2.47. The minimum atomic E-state index is 0. The third-order valence-electron chi connectivity index (χ3n) is 5.64. The number of hydrogen-bond donors (Lipinski definition) is 1. The van der Waals surface area contributed by atoms with Gasteiger partial charge in [-0.2, -0.15) is 0 Å². The van der Waals surface area contributed by atoms with Crippen LogP contribution < -0.4 is 10.1 Å². The van der Waals surface area contributed by atoms with Crippen molar-refractivity contribution in [2.45, 2.75) is 26.0 Å². The Labute approximate surface area is 189 Å². The molecule has 3 heterocycles. The molecule has 2 aromatic rings. The lowest BCUT2D eigenvalue weighted by Crippen LogP contribution is -2.41. The Balaban J connectivity index is 0.00000240. The van der Waals surface area contributed by atoms with Crippen LogP contribution in [0, 0.1) is 5.41 Å². The summed E-state index contributed by atoms with van der Waals surface area (Å²) in [5, 5.41) is 3.49. The van der Waals surface area contributed by atoms with E-state index in [1.807, 2.05) is 37.4 Å². The van der Waals surface area contributed by atoms with Gasteiger partial charge < -0.3 is 19.7 Å². The Morgan fingerprint density at radius 2 is 2.10 bits per heavy atom. The lowest BCUT2D eigenvalue weighted by atomic mass is 9.87. The normalized spacial score (nSPS) is 21.3. The molecule has 1 N–H and O–H groups in total. The second kappa shape index (κ2) is 10.2. The van der Waals surface area contributed by atoms with E-state index in [-0.39, 0.29) is 24.0 Å². The Morgan fingerprint density at radius 3 is 2.86 bits per heavy atom. The summed E-state index contributed by atoms with van der Waals surface area (Å²) in [4.78, 5) is 11.3. The molecule has 2 aliphatic rings. The molecular weight excluding hydrogens is 479 g/mol. The minimum Gasteiger partial charge on any atom is -0.473 e. The fourth-order valence-corrected chi connectivity index (χ4v) is 4.01. The highest BCUT2D eigenvalue weighted by Crippen LogP contribution is 2.38. The molecule has 2 saturated heterocycles. The van der Waals surface area contributed by atoms with Gasteiger partial charge in [-0.25, -0.2) is 4.98 Å². The maximum atomic E-state index is 5.97. The van der Waals surface area contributed by atoms with Gasteiger partial charge in [0.05, 0.1) is 6.61 Å². The van der Waals surface area contributed by atoms with Crippen LogP contribution in [0.15, 0.2) is 53.7 Å². The largest absolute Gasteiger partial charge is 0.473 e. The average molecular weight is 508 g/mol. The first kappa shape index (κ1) is 21.8. The first-order chi connectivity index (χ1) is 13.8. The molecule has 0 amide bonds. The molecule has 2 fully saturated rings. The van der Waals surface area contributed by atoms with Gasteiger partial charge in [-0.05, 0) is 24.5 Å². The number of ether oxygens (including phenoxy) is 2. The number of hydrogen-bond acceptors (Lipinski definition) is 4. The van der Waals surface area contributed by atoms with Gasteiger partial charge in [0.2, 0.25) is 5.88 Å². The van der Waals surface area contributed by atoms with E-state index in [4.69, 9.17) is 9.47 Å². The van der Waals surface area contributed by atoms with E-state index in [0.717, 1.165) is 49.8 Å². The molecule has 1 unspecified atom stereocenters. The molecule has 1 spiro atoms. The first-order valence-corrected chi connectivity index (χ1v) is 9.92. The SMILES string of the molecule is CN=C(NCc1cccnc1OCc1ccccc1)N1CCC2(CCOC2)C1.I. The molecule has 1 aromatic carbocycles. The Kier molecular flexibility index (Phi) is 7.71. The molecule has 0 radical (unpaired) electrons. The van der Waals surface area contributed by atoms with Crippen molar-refractivity contribution >= 4 is 29.9 Å². The van der Waals surface area contributed by atoms with Gasteiger partial charge in [0.15, 0.2) is 5.96 Å². The zero-order chi connectivity index (χ0) is 19.2. The maximum absolute atomic E-state index is 5.97. The average Bonchev–Trinajstić information content (AvgIpc) is 3.38.